The number of β-amino-alcohol motifs (C(OH)–C–C–N with tert-alkyl or cyclic N) is 1. The lowest BCUT2D eigenvalue weighted by Crippen LogP contribution is -2.49. The van der Waals surface area contributed by atoms with Crippen LogP contribution in [-0.4, -0.2) is 78.1 Å². The molecule has 0 atom stereocenters. The van der Waals surface area contributed by atoms with Crippen LogP contribution in [0.2, 0.25) is 0 Å². The minimum atomic E-state index is 0.136. The summed E-state index contributed by atoms with van der Waals surface area (Å²) in [5.41, 5.74) is 2.04. The molecule has 1 aromatic carbocycles. The van der Waals surface area contributed by atoms with E-state index in [0.717, 1.165) is 38.3 Å². The van der Waals surface area contributed by atoms with Crippen LogP contribution in [0.25, 0.3) is 0 Å². The highest BCUT2D eigenvalue weighted by molar-refractivity contribution is 5.94. The number of hydrogen-bond acceptors (Lipinski definition) is 4. The van der Waals surface area contributed by atoms with Crippen LogP contribution in [0.4, 0.5) is 0 Å². The Kier molecular flexibility index (Phi) is 5.65. The van der Waals surface area contributed by atoms with Crippen LogP contribution in [0.5, 0.6) is 0 Å². The number of aliphatic hydroxyl groups is 1. The number of rotatable bonds is 5. The van der Waals surface area contributed by atoms with Gasteiger partial charge in [-0.2, -0.15) is 0 Å². The summed E-state index contributed by atoms with van der Waals surface area (Å²) >= 11 is 0. The SMILES string of the molecule is O=C(c1cccc(CN2CCCC2)c1)N1CCN(CCO)CC1. The van der Waals surface area contributed by atoms with Crippen LogP contribution in [0.3, 0.4) is 0 Å². The maximum absolute atomic E-state index is 12.7. The molecular weight excluding hydrogens is 290 g/mol. The van der Waals surface area contributed by atoms with E-state index in [1.807, 2.05) is 17.0 Å². The third kappa shape index (κ3) is 4.31. The molecule has 2 aliphatic rings. The average molecular weight is 317 g/mol. The van der Waals surface area contributed by atoms with Gasteiger partial charge in [0.25, 0.3) is 5.91 Å². The van der Waals surface area contributed by atoms with Crippen molar-refractivity contribution in [2.75, 3.05) is 52.4 Å². The summed E-state index contributed by atoms with van der Waals surface area (Å²) in [6.45, 7) is 7.37. The van der Waals surface area contributed by atoms with Crippen molar-refractivity contribution in [2.24, 2.45) is 0 Å². The van der Waals surface area contributed by atoms with Gasteiger partial charge in [0.2, 0.25) is 0 Å². The van der Waals surface area contributed by atoms with E-state index in [-0.39, 0.29) is 12.5 Å². The van der Waals surface area contributed by atoms with E-state index in [4.69, 9.17) is 5.11 Å². The third-order valence-electron chi connectivity index (χ3n) is 4.85. The first kappa shape index (κ1) is 16.4. The molecule has 1 N–H and O–H groups in total. The predicted molar refractivity (Wildman–Crippen MR) is 90.4 cm³/mol. The van der Waals surface area contributed by atoms with Gasteiger partial charge in [0, 0.05) is 44.8 Å². The second-order valence-electron chi connectivity index (χ2n) is 6.54. The van der Waals surface area contributed by atoms with E-state index in [9.17, 15) is 4.79 Å². The summed E-state index contributed by atoms with van der Waals surface area (Å²) in [5.74, 6) is 0.136. The summed E-state index contributed by atoms with van der Waals surface area (Å²) < 4.78 is 0. The molecule has 3 rings (SSSR count). The zero-order chi connectivity index (χ0) is 16.1. The molecule has 2 fully saturated rings. The van der Waals surface area contributed by atoms with Crippen molar-refractivity contribution in [1.29, 1.82) is 0 Å². The van der Waals surface area contributed by atoms with E-state index < -0.39 is 0 Å². The quantitative estimate of drug-likeness (QED) is 0.881. The Hall–Kier alpha value is -1.43. The Morgan fingerprint density at radius 1 is 1.00 bits per heavy atom. The normalized spacial score (nSPS) is 20.1. The molecule has 1 amide bonds. The topological polar surface area (TPSA) is 47.0 Å². The molecule has 126 valence electrons. The average Bonchev–Trinajstić information content (AvgIpc) is 3.08. The fourth-order valence-electron chi connectivity index (χ4n) is 3.50. The minimum Gasteiger partial charge on any atom is -0.395 e. The molecule has 0 saturated carbocycles. The van der Waals surface area contributed by atoms with Gasteiger partial charge in [-0.25, -0.2) is 0 Å². The van der Waals surface area contributed by atoms with E-state index in [2.05, 4.69) is 21.9 Å². The molecule has 2 aliphatic heterocycles. The number of benzene rings is 1. The molecule has 23 heavy (non-hydrogen) atoms. The van der Waals surface area contributed by atoms with Crippen LogP contribution >= 0.6 is 0 Å². The number of amides is 1. The van der Waals surface area contributed by atoms with Gasteiger partial charge in [0.15, 0.2) is 0 Å². The zero-order valence-electron chi connectivity index (χ0n) is 13.8. The third-order valence-corrected chi connectivity index (χ3v) is 4.85. The Morgan fingerprint density at radius 2 is 1.74 bits per heavy atom. The summed E-state index contributed by atoms with van der Waals surface area (Å²) in [6.07, 6.45) is 2.58. The Balaban J connectivity index is 1.59. The number of hydrogen-bond donors (Lipinski definition) is 1. The first-order chi connectivity index (χ1) is 11.3. The number of carbonyl (C=O) groups excluding carboxylic acids is 1. The van der Waals surface area contributed by atoms with Gasteiger partial charge in [-0.15, -0.1) is 0 Å². The Morgan fingerprint density at radius 3 is 2.43 bits per heavy atom. The molecule has 0 aromatic heterocycles. The molecule has 2 heterocycles. The van der Waals surface area contributed by atoms with Crippen molar-refractivity contribution in [3.05, 3.63) is 35.4 Å². The Labute approximate surface area is 138 Å². The Bertz CT molecular complexity index is 521. The lowest BCUT2D eigenvalue weighted by molar-refractivity contribution is 0.0615. The van der Waals surface area contributed by atoms with Gasteiger partial charge in [-0.05, 0) is 43.6 Å². The van der Waals surface area contributed by atoms with E-state index in [1.54, 1.807) is 0 Å². The lowest BCUT2D eigenvalue weighted by Gasteiger charge is -2.34. The van der Waals surface area contributed by atoms with Gasteiger partial charge in [0.1, 0.15) is 0 Å². The van der Waals surface area contributed by atoms with Crippen LogP contribution < -0.4 is 0 Å². The fourth-order valence-corrected chi connectivity index (χ4v) is 3.50. The van der Waals surface area contributed by atoms with Crippen LogP contribution in [-0.2, 0) is 6.54 Å². The van der Waals surface area contributed by atoms with Gasteiger partial charge in [-0.1, -0.05) is 12.1 Å². The monoisotopic (exact) mass is 317 g/mol. The smallest absolute Gasteiger partial charge is 0.253 e. The summed E-state index contributed by atoms with van der Waals surface area (Å²) in [4.78, 5) is 19.3. The number of nitrogens with zero attached hydrogens (tertiary/aromatic N) is 3. The van der Waals surface area contributed by atoms with Crippen molar-refractivity contribution >= 4 is 5.91 Å². The van der Waals surface area contributed by atoms with Crippen LogP contribution in [0.15, 0.2) is 24.3 Å². The maximum atomic E-state index is 12.7. The summed E-state index contributed by atoms with van der Waals surface area (Å²) in [7, 11) is 0. The van der Waals surface area contributed by atoms with Gasteiger partial charge >= 0.3 is 0 Å². The molecule has 0 spiro atoms. The number of aliphatic hydroxyl groups excluding tert-OH is 1. The standard InChI is InChI=1S/C18H27N3O2/c22-13-12-19-8-10-21(11-9-19)18(23)17-5-3-4-16(14-17)15-20-6-1-2-7-20/h3-5,14,22H,1-2,6-13,15H2. The highest BCUT2D eigenvalue weighted by atomic mass is 16.3. The lowest BCUT2D eigenvalue weighted by atomic mass is 10.1. The number of likely N-dealkylation sites (tertiary alicyclic amines) is 1. The van der Waals surface area contributed by atoms with Gasteiger partial charge in [0.05, 0.1) is 6.61 Å². The minimum absolute atomic E-state index is 0.136. The van der Waals surface area contributed by atoms with Gasteiger partial charge in [-0.3, -0.25) is 14.6 Å². The molecule has 5 nitrogen and oxygen atoms in total. The predicted octanol–water partition coefficient (Wildman–Crippen LogP) is 1.03. The zero-order valence-corrected chi connectivity index (χ0v) is 13.8. The fraction of sp³-hybridized carbons (Fsp3) is 0.611. The molecule has 0 aliphatic carbocycles. The largest absolute Gasteiger partial charge is 0.395 e. The maximum Gasteiger partial charge on any atom is 0.253 e. The van der Waals surface area contributed by atoms with Crippen molar-refractivity contribution in [1.82, 2.24) is 14.7 Å². The first-order valence-corrected chi connectivity index (χ1v) is 8.70. The van der Waals surface area contributed by atoms with Crippen molar-refractivity contribution in [3.63, 3.8) is 0 Å². The molecular formula is C18H27N3O2. The van der Waals surface area contributed by atoms with Crippen LogP contribution in [0.1, 0.15) is 28.8 Å². The number of carbonyl (C=O) groups is 1. The van der Waals surface area contributed by atoms with E-state index in [0.29, 0.717) is 6.54 Å². The molecule has 5 heteroatoms. The van der Waals surface area contributed by atoms with Crippen molar-refractivity contribution in [3.8, 4) is 0 Å². The summed E-state index contributed by atoms with van der Waals surface area (Å²) in [6, 6.07) is 8.10. The molecule has 0 unspecified atom stereocenters. The van der Waals surface area contributed by atoms with Crippen LogP contribution in [0, 0.1) is 0 Å². The summed E-state index contributed by atoms with van der Waals surface area (Å²) in [5, 5.41) is 8.99. The highest BCUT2D eigenvalue weighted by Crippen LogP contribution is 2.15. The highest BCUT2D eigenvalue weighted by Gasteiger charge is 2.22. The first-order valence-electron chi connectivity index (χ1n) is 8.70. The van der Waals surface area contributed by atoms with Crippen molar-refractivity contribution < 1.29 is 9.90 Å². The number of piperazine rings is 1. The van der Waals surface area contributed by atoms with E-state index in [1.165, 1.54) is 31.5 Å². The van der Waals surface area contributed by atoms with Gasteiger partial charge < -0.3 is 10.0 Å². The molecule has 2 saturated heterocycles. The second kappa shape index (κ2) is 7.90. The van der Waals surface area contributed by atoms with E-state index >= 15 is 0 Å². The molecule has 0 bridgehead atoms. The second-order valence-corrected chi connectivity index (χ2v) is 6.54. The van der Waals surface area contributed by atoms with Crippen molar-refractivity contribution in [2.45, 2.75) is 19.4 Å². The molecule has 0 radical (unpaired) electrons. The molecule has 1 aromatic rings.